The number of aryl methyl sites for hydroxylation is 1. The maximum absolute atomic E-state index is 5.79. The maximum Gasteiger partial charge on any atom is 0.123 e. The number of rotatable bonds is 9. The Kier molecular flexibility index (Phi) is 7.32. The molecule has 0 aliphatic heterocycles. The number of nitrogens with zero attached hydrogens (tertiary/aromatic N) is 2. The Balaban J connectivity index is 2.03. The largest absolute Gasteiger partial charge is 0.334 e. The molecule has 0 fully saturated rings. The van der Waals surface area contributed by atoms with Crippen LogP contribution in [-0.2, 0) is 12.4 Å². The SMILES string of the molecule is CCCCCCCCCn1ccnc1CCl. The molecular weight excluding hydrogens is 220 g/mol. The van der Waals surface area contributed by atoms with Gasteiger partial charge in [0.1, 0.15) is 5.82 Å². The molecule has 0 bridgehead atoms. The van der Waals surface area contributed by atoms with Crippen molar-refractivity contribution in [3.63, 3.8) is 0 Å². The van der Waals surface area contributed by atoms with Crippen LogP contribution in [0.25, 0.3) is 0 Å². The van der Waals surface area contributed by atoms with Crippen molar-refractivity contribution in [3.05, 3.63) is 18.2 Å². The van der Waals surface area contributed by atoms with E-state index >= 15 is 0 Å². The topological polar surface area (TPSA) is 17.8 Å². The number of aromatic nitrogens is 2. The Bertz CT molecular complexity index is 271. The Hall–Kier alpha value is -0.500. The number of unbranched alkanes of at least 4 members (excludes halogenated alkanes) is 6. The van der Waals surface area contributed by atoms with Crippen LogP contribution in [0.1, 0.15) is 57.7 Å². The molecule has 1 aromatic rings. The van der Waals surface area contributed by atoms with Gasteiger partial charge < -0.3 is 4.57 Å². The minimum absolute atomic E-state index is 0.517. The quantitative estimate of drug-likeness (QED) is 0.464. The second kappa shape index (κ2) is 8.63. The van der Waals surface area contributed by atoms with Gasteiger partial charge in [0, 0.05) is 18.9 Å². The second-order valence-electron chi connectivity index (χ2n) is 4.29. The molecular formula is C13H23ClN2. The number of alkyl halides is 1. The predicted molar refractivity (Wildman–Crippen MR) is 69.8 cm³/mol. The van der Waals surface area contributed by atoms with Crippen molar-refractivity contribution < 1.29 is 0 Å². The Morgan fingerprint density at radius 2 is 1.81 bits per heavy atom. The van der Waals surface area contributed by atoms with E-state index in [1.165, 1.54) is 44.9 Å². The van der Waals surface area contributed by atoms with Gasteiger partial charge in [0.2, 0.25) is 0 Å². The number of imidazole rings is 1. The van der Waals surface area contributed by atoms with E-state index in [0.29, 0.717) is 5.88 Å². The van der Waals surface area contributed by atoms with Crippen LogP contribution in [0.4, 0.5) is 0 Å². The molecule has 0 amide bonds. The molecule has 0 aliphatic rings. The second-order valence-corrected chi connectivity index (χ2v) is 4.56. The molecule has 0 unspecified atom stereocenters. The average molecular weight is 243 g/mol. The van der Waals surface area contributed by atoms with Gasteiger partial charge in [0.15, 0.2) is 0 Å². The molecule has 0 spiro atoms. The lowest BCUT2D eigenvalue weighted by atomic mass is 10.1. The Morgan fingerprint density at radius 1 is 1.12 bits per heavy atom. The molecule has 1 aromatic heterocycles. The Morgan fingerprint density at radius 3 is 2.50 bits per heavy atom. The summed E-state index contributed by atoms with van der Waals surface area (Å²) >= 11 is 5.79. The lowest BCUT2D eigenvalue weighted by Crippen LogP contribution is -2.01. The molecule has 0 N–H and O–H groups in total. The summed E-state index contributed by atoms with van der Waals surface area (Å²) in [6, 6.07) is 0. The van der Waals surface area contributed by atoms with E-state index in [1.54, 1.807) is 0 Å². The van der Waals surface area contributed by atoms with E-state index in [0.717, 1.165) is 12.4 Å². The van der Waals surface area contributed by atoms with Gasteiger partial charge in [0.25, 0.3) is 0 Å². The van der Waals surface area contributed by atoms with Crippen LogP contribution in [0, 0.1) is 0 Å². The molecule has 1 heterocycles. The van der Waals surface area contributed by atoms with E-state index < -0.39 is 0 Å². The van der Waals surface area contributed by atoms with E-state index in [1.807, 2.05) is 12.4 Å². The molecule has 1 rings (SSSR count). The normalized spacial score (nSPS) is 10.9. The first kappa shape index (κ1) is 13.6. The lowest BCUT2D eigenvalue weighted by molar-refractivity contribution is 0.543. The van der Waals surface area contributed by atoms with Gasteiger partial charge in [0.05, 0.1) is 5.88 Å². The summed E-state index contributed by atoms with van der Waals surface area (Å²) in [7, 11) is 0. The zero-order chi connectivity index (χ0) is 11.6. The fourth-order valence-corrected chi connectivity index (χ4v) is 2.14. The summed E-state index contributed by atoms with van der Waals surface area (Å²) in [6.45, 7) is 3.32. The van der Waals surface area contributed by atoms with Crippen LogP contribution in [0.5, 0.6) is 0 Å². The van der Waals surface area contributed by atoms with E-state index in [-0.39, 0.29) is 0 Å². The minimum atomic E-state index is 0.517. The van der Waals surface area contributed by atoms with Crippen molar-refractivity contribution >= 4 is 11.6 Å². The Labute approximate surface area is 104 Å². The first-order valence-electron chi connectivity index (χ1n) is 6.44. The van der Waals surface area contributed by atoms with Gasteiger partial charge in [-0.25, -0.2) is 4.98 Å². The fraction of sp³-hybridized carbons (Fsp3) is 0.769. The van der Waals surface area contributed by atoms with Crippen LogP contribution < -0.4 is 0 Å². The summed E-state index contributed by atoms with van der Waals surface area (Å²) in [5, 5.41) is 0. The summed E-state index contributed by atoms with van der Waals surface area (Å²) in [5.41, 5.74) is 0. The third kappa shape index (κ3) is 5.02. The zero-order valence-electron chi connectivity index (χ0n) is 10.3. The number of halogens is 1. The fourth-order valence-electron chi connectivity index (χ4n) is 1.91. The third-order valence-electron chi connectivity index (χ3n) is 2.92. The van der Waals surface area contributed by atoms with Crippen molar-refractivity contribution in [1.29, 1.82) is 0 Å². The highest BCUT2D eigenvalue weighted by Gasteiger charge is 1.99. The first-order valence-corrected chi connectivity index (χ1v) is 6.98. The maximum atomic E-state index is 5.79. The van der Waals surface area contributed by atoms with Crippen molar-refractivity contribution in [2.45, 2.75) is 64.3 Å². The minimum Gasteiger partial charge on any atom is -0.334 e. The van der Waals surface area contributed by atoms with Crippen molar-refractivity contribution in [2.75, 3.05) is 0 Å². The summed E-state index contributed by atoms with van der Waals surface area (Å²) < 4.78 is 2.17. The highest BCUT2D eigenvalue weighted by Crippen LogP contribution is 2.09. The monoisotopic (exact) mass is 242 g/mol. The van der Waals surface area contributed by atoms with E-state index in [4.69, 9.17) is 11.6 Å². The molecule has 0 saturated heterocycles. The highest BCUT2D eigenvalue weighted by molar-refractivity contribution is 6.16. The van der Waals surface area contributed by atoms with Gasteiger partial charge in [-0.15, -0.1) is 11.6 Å². The van der Waals surface area contributed by atoms with Gasteiger partial charge in [-0.2, -0.15) is 0 Å². The first-order chi connectivity index (χ1) is 7.88. The zero-order valence-corrected chi connectivity index (χ0v) is 11.0. The van der Waals surface area contributed by atoms with Crippen LogP contribution in [0.3, 0.4) is 0 Å². The molecule has 92 valence electrons. The van der Waals surface area contributed by atoms with Crippen molar-refractivity contribution in [3.8, 4) is 0 Å². The number of hydrogen-bond acceptors (Lipinski definition) is 1. The molecule has 0 atom stereocenters. The van der Waals surface area contributed by atoms with Crippen LogP contribution >= 0.6 is 11.6 Å². The summed E-state index contributed by atoms with van der Waals surface area (Å²) in [4.78, 5) is 4.21. The van der Waals surface area contributed by atoms with Crippen LogP contribution in [0.15, 0.2) is 12.4 Å². The predicted octanol–water partition coefficient (Wildman–Crippen LogP) is 4.37. The molecule has 2 nitrogen and oxygen atoms in total. The molecule has 0 aromatic carbocycles. The molecule has 16 heavy (non-hydrogen) atoms. The molecule has 0 radical (unpaired) electrons. The van der Waals surface area contributed by atoms with Crippen molar-refractivity contribution in [2.24, 2.45) is 0 Å². The van der Waals surface area contributed by atoms with Gasteiger partial charge >= 0.3 is 0 Å². The highest BCUT2D eigenvalue weighted by atomic mass is 35.5. The van der Waals surface area contributed by atoms with Gasteiger partial charge in [-0.05, 0) is 6.42 Å². The standard InChI is InChI=1S/C13H23ClN2/c1-2-3-4-5-6-7-8-10-16-11-9-15-13(16)12-14/h9,11H,2-8,10,12H2,1H3. The third-order valence-corrected chi connectivity index (χ3v) is 3.16. The van der Waals surface area contributed by atoms with Gasteiger partial charge in [-0.3, -0.25) is 0 Å². The average Bonchev–Trinajstić information content (AvgIpc) is 2.75. The summed E-state index contributed by atoms with van der Waals surface area (Å²) in [6.07, 6.45) is 13.3. The van der Waals surface area contributed by atoms with E-state index in [9.17, 15) is 0 Å². The smallest absolute Gasteiger partial charge is 0.123 e. The summed E-state index contributed by atoms with van der Waals surface area (Å²) in [5.74, 6) is 1.51. The number of hydrogen-bond donors (Lipinski definition) is 0. The van der Waals surface area contributed by atoms with Crippen LogP contribution in [-0.4, -0.2) is 9.55 Å². The van der Waals surface area contributed by atoms with Crippen molar-refractivity contribution in [1.82, 2.24) is 9.55 Å². The van der Waals surface area contributed by atoms with Crippen LogP contribution in [0.2, 0.25) is 0 Å². The van der Waals surface area contributed by atoms with Gasteiger partial charge in [-0.1, -0.05) is 45.4 Å². The molecule has 3 heteroatoms. The van der Waals surface area contributed by atoms with E-state index in [2.05, 4.69) is 16.5 Å². The molecule has 0 aliphatic carbocycles. The lowest BCUT2D eigenvalue weighted by Gasteiger charge is -2.05. The molecule has 0 saturated carbocycles.